The Morgan fingerprint density at radius 3 is 2.00 bits per heavy atom. The smallest absolute Gasteiger partial charge is 0.0864 e. The molecule has 0 aliphatic rings. The molecule has 0 fully saturated rings. The van der Waals surface area contributed by atoms with E-state index in [1.54, 1.807) is 0 Å². The molecule has 0 aliphatic carbocycles. The summed E-state index contributed by atoms with van der Waals surface area (Å²) < 4.78 is 1.25. The molecule has 0 rings (SSSR count). The van der Waals surface area contributed by atoms with Crippen LogP contribution in [-0.2, 0) is 0 Å². The van der Waals surface area contributed by atoms with Crippen LogP contribution in [0.15, 0.2) is 0 Å². The van der Waals surface area contributed by atoms with Crippen molar-refractivity contribution < 1.29 is 0 Å². The number of hydrogen-bond acceptors (Lipinski definition) is 0. The molecule has 0 heterocycles. The summed E-state index contributed by atoms with van der Waals surface area (Å²) in [4.78, 5) is 0. The van der Waals surface area contributed by atoms with E-state index in [4.69, 9.17) is 0 Å². The Morgan fingerprint density at radius 2 is 2.00 bits per heavy atom. The molecule has 0 spiro atoms. The van der Waals surface area contributed by atoms with Gasteiger partial charge < -0.3 is 0 Å². The predicted molar refractivity (Wildman–Crippen MR) is 43.4 cm³/mol. The van der Waals surface area contributed by atoms with Gasteiger partial charge in [0.15, 0.2) is 17.4 Å². The van der Waals surface area contributed by atoms with E-state index in [1.807, 2.05) is 0 Å². The number of rotatable bonds is 2. The first-order valence-corrected chi connectivity index (χ1v) is 3.29. The fourth-order valence-corrected chi connectivity index (χ4v) is 0.634. The van der Waals surface area contributed by atoms with Gasteiger partial charge in [0.05, 0.1) is 0 Å². The van der Waals surface area contributed by atoms with Crippen LogP contribution in [0.3, 0.4) is 0 Å². The zero-order valence-corrected chi connectivity index (χ0v) is 5.36. The fourth-order valence-electron chi connectivity index (χ4n) is 0.0945. The molecule has 0 amide bonds. The molecule has 0 aliphatic heterocycles. The molecule has 0 saturated heterocycles. The quantitative estimate of drug-likeness (QED) is 0.362. The number of alkyl halides is 1. The van der Waals surface area contributed by atoms with Crippen molar-refractivity contribution in [1.82, 2.24) is 0 Å². The molecule has 0 saturated carbocycles. The van der Waals surface area contributed by atoms with Crippen molar-refractivity contribution in [1.29, 1.82) is 0 Å². The number of halogens is 1. The normalized spacial score (nSPS) is 7.00. The van der Waals surface area contributed by atoms with Crippen LogP contribution in [0.1, 0.15) is 12.8 Å². The van der Waals surface area contributed by atoms with Crippen molar-refractivity contribution in [3.8, 4) is 0 Å². The Balaban J connectivity index is 0. The molecule has 0 atom stereocenters. The van der Waals surface area contributed by atoms with E-state index in [2.05, 4.69) is 29.5 Å². The average Bonchev–Trinajstić information content (AvgIpc) is 1.41. The van der Waals surface area contributed by atoms with Gasteiger partial charge in [-0.05, 0) is 10.8 Å². The standard InChI is InChI=1S/C4H8I.Al.3H/c1-2-3-4-5;;;;/h1-4H2;;;;. The van der Waals surface area contributed by atoms with Crippen LogP contribution in [0.5, 0.6) is 0 Å². The highest BCUT2D eigenvalue weighted by Crippen LogP contribution is 1.89. The number of unbranched alkanes of at least 4 members (excludes halogenated alkanes) is 1. The van der Waals surface area contributed by atoms with E-state index >= 15 is 0 Å². The average molecular weight is 213 g/mol. The summed E-state index contributed by atoms with van der Waals surface area (Å²) in [7, 11) is 0. The van der Waals surface area contributed by atoms with Gasteiger partial charge in [0.1, 0.15) is 0 Å². The van der Waals surface area contributed by atoms with Gasteiger partial charge >= 0.3 is 0 Å². The molecule has 0 unspecified atom stereocenters. The van der Waals surface area contributed by atoms with Crippen molar-refractivity contribution in [3.05, 3.63) is 6.92 Å². The third-order valence-corrected chi connectivity index (χ3v) is 1.15. The van der Waals surface area contributed by atoms with Crippen LogP contribution >= 0.6 is 22.6 Å². The highest BCUT2D eigenvalue weighted by atomic mass is 127. The van der Waals surface area contributed by atoms with E-state index in [1.165, 1.54) is 10.8 Å². The lowest BCUT2D eigenvalue weighted by Crippen LogP contribution is -1.64. The summed E-state index contributed by atoms with van der Waals surface area (Å²) >= 11 is 2.35. The second kappa shape index (κ2) is 9.55. The fraction of sp³-hybridized carbons (Fsp3) is 0.750. The van der Waals surface area contributed by atoms with E-state index in [-0.39, 0.29) is 17.4 Å². The summed E-state index contributed by atoms with van der Waals surface area (Å²) in [6.07, 6.45) is 2.35. The van der Waals surface area contributed by atoms with E-state index < -0.39 is 0 Å². The molecule has 0 nitrogen and oxygen atoms in total. The second-order valence-corrected chi connectivity index (χ2v) is 1.97. The van der Waals surface area contributed by atoms with Gasteiger partial charge in [-0.3, -0.25) is 0 Å². The van der Waals surface area contributed by atoms with Gasteiger partial charge in [-0.15, -0.1) is 0 Å². The van der Waals surface area contributed by atoms with E-state index in [0.717, 1.165) is 6.42 Å². The summed E-state index contributed by atoms with van der Waals surface area (Å²) in [6, 6.07) is 0. The molecule has 2 heteroatoms. The van der Waals surface area contributed by atoms with Crippen molar-refractivity contribution in [2.24, 2.45) is 0 Å². The van der Waals surface area contributed by atoms with Gasteiger partial charge in [-0.25, -0.2) is 0 Å². The largest absolute Gasteiger partial charge is 0.187 e. The molecule has 6 heavy (non-hydrogen) atoms. The Hall–Kier alpha value is 1.26. The van der Waals surface area contributed by atoms with E-state index in [0.29, 0.717) is 0 Å². The Kier molecular flexibility index (Phi) is 16.4. The monoisotopic (exact) mass is 213 g/mol. The Labute approximate surface area is 64.0 Å². The molecular weight excluding hydrogens is 202 g/mol. The van der Waals surface area contributed by atoms with Crippen LogP contribution in [0.4, 0.5) is 0 Å². The van der Waals surface area contributed by atoms with Crippen LogP contribution < -0.4 is 0 Å². The second-order valence-electron chi connectivity index (χ2n) is 0.896. The van der Waals surface area contributed by atoms with E-state index in [9.17, 15) is 0 Å². The summed E-state index contributed by atoms with van der Waals surface area (Å²) in [6.45, 7) is 3.67. The first kappa shape index (κ1) is 10.3. The maximum absolute atomic E-state index is 3.67. The van der Waals surface area contributed by atoms with Crippen LogP contribution in [-0.4, -0.2) is 21.8 Å². The van der Waals surface area contributed by atoms with Crippen molar-refractivity contribution in [2.45, 2.75) is 12.8 Å². The molecule has 0 aromatic carbocycles. The lowest BCUT2D eigenvalue weighted by atomic mass is 10.4. The van der Waals surface area contributed by atoms with Crippen LogP contribution in [0, 0.1) is 6.92 Å². The molecule has 0 bridgehead atoms. The third kappa shape index (κ3) is 8.98. The molecule has 0 aromatic heterocycles. The molecule has 37 valence electrons. The number of hydrogen-bond donors (Lipinski definition) is 0. The topological polar surface area (TPSA) is 0 Å². The van der Waals surface area contributed by atoms with Crippen LogP contribution in [0.25, 0.3) is 0 Å². The maximum atomic E-state index is 3.67. The van der Waals surface area contributed by atoms with Gasteiger partial charge in [0.2, 0.25) is 0 Å². The molecule has 0 N–H and O–H groups in total. The maximum Gasteiger partial charge on any atom is 0.187 e. The minimum absolute atomic E-state index is 0. The highest BCUT2D eigenvalue weighted by molar-refractivity contribution is 14.1. The van der Waals surface area contributed by atoms with Crippen molar-refractivity contribution in [3.63, 3.8) is 0 Å². The van der Waals surface area contributed by atoms with Gasteiger partial charge in [0, 0.05) is 0 Å². The molecule has 1 radical (unpaired) electrons. The Bertz CT molecular complexity index is 15.0. The molecule has 0 aromatic rings. The third-order valence-electron chi connectivity index (χ3n) is 0.384. The summed E-state index contributed by atoms with van der Waals surface area (Å²) in [5.74, 6) is 0. The minimum atomic E-state index is 0. The highest BCUT2D eigenvalue weighted by Gasteiger charge is 1.69. The van der Waals surface area contributed by atoms with Crippen molar-refractivity contribution in [2.75, 3.05) is 4.43 Å². The lowest BCUT2D eigenvalue weighted by molar-refractivity contribution is 0.984. The SMILES string of the molecule is [AlH3].[CH2]CCCI. The van der Waals surface area contributed by atoms with Gasteiger partial charge in [-0.2, -0.15) is 0 Å². The molecular formula is C4H11AlI. The zero-order valence-electron chi connectivity index (χ0n) is 3.21. The minimum Gasteiger partial charge on any atom is -0.0864 e. The zero-order chi connectivity index (χ0) is 4.12. The van der Waals surface area contributed by atoms with Gasteiger partial charge in [-0.1, -0.05) is 35.9 Å². The lowest BCUT2D eigenvalue weighted by Gasteiger charge is -1.77. The van der Waals surface area contributed by atoms with Gasteiger partial charge in [0.25, 0.3) is 0 Å². The van der Waals surface area contributed by atoms with Crippen molar-refractivity contribution >= 4 is 40.0 Å². The summed E-state index contributed by atoms with van der Waals surface area (Å²) in [5.41, 5.74) is 0. The Morgan fingerprint density at radius 1 is 1.50 bits per heavy atom. The predicted octanol–water partition coefficient (Wildman–Crippen LogP) is 0.852. The first-order chi connectivity index (χ1) is 2.41. The van der Waals surface area contributed by atoms with Crippen LogP contribution in [0.2, 0.25) is 0 Å². The first-order valence-electron chi connectivity index (χ1n) is 1.77. The summed E-state index contributed by atoms with van der Waals surface area (Å²) in [5, 5.41) is 0.